The number of sulfonamides is 1. The average Bonchev–Trinajstić information content (AvgIpc) is 3.38. The summed E-state index contributed by atoms with van der Waals surface area (Å²) in [5.74, 6) is -2.29. The number of halogens is 4. The van der Waals surface area contributed by atoms with Gasteiger partial charge in [-0.05, 0) is 63.8 Å². The SMILES string of the molecule is C[C@@H]1CCCN1[C@H]1CC[C@@]12CCN(c1cc(Cl)c(S(=O)(=O)Nc3cccc(F)n3)c(F)c1Cl)C2. The van der Waals surface area contributed by atoms with Gasteiger partial charge in [-0.3, -0.25) is 9.62 Å². The first-order chi connectivity index (χ1) is 16.1. The third-order valence-electron chi connectivity index (χ3n) is 7.67. The van der Waals surface area contributed by atoms with Gasteiger partial charge >= 0.3 is 0 Å². The van der Waals surface area contributed by atoms with Gasteiger partial charge in [0.1, 0.15) is 15.7 Å². The summed E-state index contributed by atoms with van der Waals surface area (Å²) in [5.41, 5.74) is 0.532. The molecule has 6 nitrogen and oxygen atoms in total. The number of nitrogens with one attached hydrogen (secondary N) is 1. The third kappa shape index (κ3) is 4.04. The zero-order valence-corrected chi connectivity index (χ0v) is 21.0. The van der Waals surface area contributed by atoms with Crippen molar-refractivity contribution in [3.8, 4) is 0 Å². The van der Waals surface area contributed by atoms with Gasteiger partial charge < -0.3 is 4.90 Å². The molecule has 1 aromatic heterocycles. The van der Waals surface area contributed by atoms with Crippen LogP contribution in [-0.2, 0) is 10.0 Å². The predicted octanol–water partition coefficient (Wildman–Crippen LogP) is 5.31. The summed E-state index contributed by atoms with van der Waals surface area (Å²) in [4.78, 5) is 7.30. The minimum absolute atomic E-state index is 0.139. The third-order valence-corrected chi connectivity index (χ3v) is 9.86. The molecule has 3 fully saturated rings. The molecular formula is C23H26Cl2F2N4O2S. The Kier molecular flexibility index (Phi) is 6.19. The van der Waals surface area contributed by atoms with Gasteiger partial charge in [-0.15, -0.1) is 0 Å². The summed E-state index contributed by atoms with van der Waals surface area (Å²) in [7, 11) is -4.49. The standard InChI is InChI=1S/C23H26Cl2F2N4O2S/c1-14-4-3-10-31(14)17-7-8-23(17)9-11-30(13-23)16-12-15(24)22(21(27)20(16)25)34(32,33)29-19-6-2-5-18(26)28-19/h2,5-6,12,14,17H,3-4,7-11,13H2,1H3,(H,28,29)/t14-,17+,23+/m1/s1. The lowest BCUT2D eigenvalue weighted by atomic mass is 9.63. The number of rotatable bonds is 5. The number of nitrogens with zero attached hydrogens (tertiary/aromatic N) is 3. The molecule has 1 spiro atoms. The molecule has 0 radical (unpaired) electrons. The summed E-state index contributed by atoms with van der Waals surface area (Å²) in [5, 5.41) is -0.584. The molecule has 184 valence electrons. The van der Waals surface area contributed by atoms with E-state index in [0.29, 0.717) is 24.3 Å². The number of hydrogen-bond donors (Lipinski definition) is 1. The molecule has 1 N–H and O–H groups in total. The largest absolute Gasteiger partial charge is 0.370 e. The number of aromatic nitrogens is 1. The van der Waals surface area contributed by atoms with E-state index in [1.165, 1.54) is 31.0 Å². The Bertz CT molecular complexity index is 1230. The van der Waals surface area contributed by atoms with Gasteiger partial charge in [0.2, 0.25) is 5.95 Å². The second-order valence-corrected chi connectivity index (χ2v) is 12.0. The maximum atomic E-state index is 15.4. The molecule has 34 heavy (non-hydrogen) atoms. The van der Waals surface area contributed by atoms with Crippen LogP contribution < -0.4 is 9.62 Å². The fraction of sp³-hybridized carbons (Fsp3) is 0.522. The molecule has 0 unspecified atom stereocenters. The fourth-order valence-electron chi connectivity index (χ4n) is 5.89. The minimum atomic E-state index is -4.49. The van der Waals surface area contributed by atoms with Crippen molar-refractivity contribution in [2.24, 2.45) is 5.41 Å². The number of likely N-dealkylation sites (tertiary alicyclic amines) is 1. The highest BCUT2D eigenvalue weighted by molar-refractivity contribution is 7.92. The van der Waals surface area contributed by atoms with Crippen LogP contribution in [0.5, 0.6) is 0 Å². The van der Waals surface area contributed by atoms with Crippen molar-refractivity contribution in [2.45, 2.75) is 56.0 Å². The molecule has 11 heteroatoms. The average molecular weight is 531 g/mol. The maximum Gasteiger partial charge on any atom is 0.267 e. The van der Waals surface area contributed by atoms with Crippen molar-refractivity contribution in [1.82, 2.24) is 9.88 Å². The minimum Gasteiger partial charge on any atom is -0.370 e. The number of benzene rings is 1. The van der Waals surface area contributed by atoms with Crippen LogP contribution in [-0.4, -0.2) is 50.0 Å². The second-order valence-electron chi connectivity index (χ2n) is 9.60. The summed E-state index contributed by atoms with van der Waals surface area (Å²) < 4.78 is 56.5. The van der Waals surface area contributed by atoms with Crippen LogP contribution in [0.15, 0.2) is 29.2 Å². The number of pyridine rings is 1. The summed E-state index contributed by atoms with van der Waals surface area (Å²) in [6, 6.07) is 6.10. The Balaban J connectivity index is 1.40. The number of hydrogen-bond acceptors (Lipinski definition) is 5. The second kappa shape index (κ2) is 8.76. The van der Waals surface area contributed by atoms with Crippen LogP contribution in [0.3, 0.4) is 0 Å². The highest BCUT2D eigenvalue weighted by atomic mass is 35.5. The molecule has 0 bridgehead atoms. The zero-order chi connectivity index (χ0) is 24.3. The normalized spacial score (nSPS) is 27.4. The molecule has 5 rings (SSSR count). The van der Waals surface area contributed by atoms with E-state index < -0.39 is 26.7 Å². The molecule has 0 amide bonds. The molecule has 1 aromatic carbocycles. The van der Waals surface area contributed by atoms with Crippen molar-refractivity contribution in [3.05, 3.63) is 46.1 Å². The summed E-state index contributed by atoms with van der Waals surface area (Å²) >= 11 is 12.7. The van der Waals surface area contributed by atoms with E-state index in [-0.39, 0.29) is 21.3 Å². The Morgan fingerprint density at radius 3 is 2.62 bits per heavy atom. The lowest BCUT2D eigenvalue weighted by Gasteiger charge is -2.53. The van der Waals surface area contributed by atoms with Gasteiger partial charge in [-0.1, -0.05) is 29.3 Å². The van der Waals surface area contributed by atoms with Gasteiger partial charge in [-0.25, -0.2) is 17.8 Å². The molecule has 3 heterocycles. The topological polar surface area (TPSA) is 65.5 Å². The molecular weight excluding hydrogens is 505 g/mol. The monoisotopic (exact) mass is 530 g/mol. The quantitative estimate of drug-likeness (QED) is 0.419. The molecule has 3 aliphatic rings. The van der Waals surface area contributed by atoms with Crippen molar-refractivity contribution in [1.29, 1.82) is 0 Å². The number of anilines is 2. The van der Waals surface area contributed by atoms with E-state index in [4.69, 9.17) is 23.2 Å². The first-order valence-corrected chi connectivity index (χ1v) is 13.7. The van der Waals surface area contributed by atoms with Crippen LogP contribution in [0.1, 0.15) is 39.0 Å². The predicted molar refractivity (Wildman–Crippen MR) is 129 cm³/mol. The summed E-state index contributed by atoms with van der Waals surface area (Å²) in [6.45, 7) is 4.83. The molecule has 2 aromatic rings. The molecule has 1 saturated carbocycles. The van der Waals surface area contributed by atoms with Crippen molar-refractivity contribution < 1.29 is 17.2 Å². The Morgan fingerprint density at radius 2 is 1.97 bits per heavy atom. The highest BCUT2D eigenvalue weighted by Gasteiger charge is 2.54. The lowest BCUT2D eigenvalue weighted by molar-refractivity contribution is -0.0152. The first kappa shape index (κ1) is 24.0. The van der Waals surface area contributed by atoms with E-state index >= 15 is 4.39 Å². The van der Waals surface area contributed by atoms with Gasteiger partial charge in [0.05, 0.1) is 10.7 Å². The summed E-state index contributed by atoms with van der Waals surface area (Å²) in [6.07, 6.45) is 5.70. The smallest absolute Gasteiger partial charge is 0.267 e. The Hall–Kier alpha value is -1.68. The molecule has 3 atom stereocenters. The lowest BCUT2D eigenvalue weighted by Crippen LogP contribution is -2.57. The Labute approximate surface area is 208 Å². The molecule has 2 aliphatic heterocycles. The van der Waals surface area contributed by atoms with Crippen LogP contribution in [0, 0.1) is 17.2 Å². The van der Waals surface area contributed by atoms with Crippen molar-refractivity contribution >= 4 is 44.7 Å². The van der Waals surface area contributed by atoms with E-state index in [0.717, 1.165) is 38.4 Å². The van der Waals surface area contributed by atoms with Gasteiger partial charge in [0.15, 0.2) is 5.82 Å². The van der Waals surface area contributed by atoms with Gasteiger partial charge in [0, 0.05) is 30.6 Å². The highest BCUT2D eigenvalue weighted by Crippen LogP contribution is 2.53. The van der Waals surface area contributed by atoms with Crippen LogP contribution in [0.2, 0.25) is 10.0 Å². The molecule has 1 aliphatic carbocycles. The Morgan fingerprint density at radius 1 is 1.18 bits per heavy atom. The van der Waals surface area contributed by atoms with Crippen LogP contribution in [0.25, 0.3) is 0 Å². The van der Waals surface area contributed by atoms with Crippen molar-refractivity contribution in [3.63, 3.8) is 0 Å². The first-order valence-electron chi connectivity index (χ1n) is 11.4. The fourth-order valence-corrected chi connectivity index (χ4v) is 7.85. The van der Waals surface area contributed by atoms with E-state index in [2.05, 4.69) is 21.5 Å². The van der Waals surface area contributed by atoms with Gasteiger partial charge in [-0.2, -0.15) is 4.39 Å². The van der Waals surface area contributed by atoms with Crippen LogP contribution in [0.4, 0.5) is 20.3 Å². The van der Waals surface area contributed by atoms with Gasteiger partial charge in [0.25, 0.3) is 10.0 Å². The van der Waals surface area contributed by atoms with E-state index in [1.807, 2.05) is 4.90 Å². The van der Waals surface area contributed by atoms with Crippen molar-refractivity contribution in [2.75, 3.05) is 29.3 Å². The zero-order valence-electron chi connectivity index (χ0n) is 18.7. The molecule has 2 saturated heterocycles. The van der Waals surface area contributed by atoms with E-state index in [9.17, 15) is 12.8 Å². The van der Waals surface area contributed by atoms with Crippen LogP contribution >= 0.6 is 23.2 Å². The van der Waals surface area contributed by atoms with E-state index in [1.54, 1.807) is 0 Å². The maximum absolute atomic E-state index is 15.4.